The summed E-state index contributed by atoms with van der Waals surface area (Å²) in [5, 5.41) is 3.11. The van der Waals surface area contributed by atoms with Crippen molar-refractivity contribution in [3.05, 3.63) is 34.3 Å². The molecule has 0 aliphatic carbocycles. The fourth-order valence-electron chi connectivity index (χ4n) is 2.96. The van der Waals surface area contributed by atoms with Crippen LogP contribution in [0.1, 0.15) is 43.5 Å². The highest BCUT2D eigenvalue weighted by atomic mass is 79.9. The molecule has 1 atom stereocenters. The van der Waals surface area contributed by atoms with E-state index < -0.39 is 0 Å². The second kappa shape index (κ2) is 7.95. The van der Waals surface area contributed by atoms with Crippen molar-refractivity contribution in [1.82, 2.24) is 10.2 Å². The lowest BCUT2D eigenvalue weighted by Gasteiger charge is -2.29. The van der Waals surface area contributed by atoms with Crippen molar-refractivity contribution in [2.75, 3.05) is 19.6 Å². The molecule has 1 N–H and O–H groups in total. The molecule has 1 aromatic carbocycles. The molecule has 1 heterocycles. The summed E-state index contributed by atoms with van der Waals surface area (Å²) in [6.07, 6.45) is 3.70. The Morgan fingerprint density at radius 1 is 1.29 bits per heavy atom. The number of amides is 1. The number of hydrogen-bond donors (Lipinski definition) is 1. The van der Waals surface area contributed by atoms with Crippen molar-refractivity contribution in [2.24, 2.45) is 5.92 Å². The molecule has 1 aromatic rings. The first-order valence-corrected chi connectivity index (χ1v) is 8.64. The maximum Gasteiger partial charge on any atom is 0.252 e. The van der Waals surface area contributed by atoms with Crippen molar-refractivity contribution in [3.63, 3.8) is 0 Å². The lowest BCUT2D eigenvalue weighted by molar-refractivity contribution is 0.0932. The van der Waals surface area contributed by atoms with E-state index in [0.717, 1.165) is 17.4 Å². The highest BCUT2D eigenvalue weighted by molar-refractivity contribution is 9.10. The molecule has 21 heavy (non-hydrogen) atoms. The van der Waals surface area contributed by atoms with Crippen LogP contribution in [0.4, 0.5) is 0 Å². The Morgan fingerprint density at radius 3 is 2.57 bits per heavy atom. The number of benzene rings is 1. The van der Waals surface area contributed by atoms with Crippen LogP contribution in [-0.4, -0.2) is 36.5 Å². The molecule has 1 fully saturated rings. The van der Waals surface area contributed by atoms with Crippen LogP contribution in [0.15, 0.2) is 28.7 Å². The van der Waals surface area contributed by atoms with Gasteiger partial charge in [-0.05, 0) is 66.3 Å². The standard InChI is InChI=1S/C17H25BrN2O/c1-13(2)11-14(20-9-5-6-10-20)12-19-17(21)15-7-3-4-8-16(15)18/h3-4,7-8,13-14H,5-6,9-12H2,1-2H3,(H,19,21). The fourth-order valence-corrected chi connectivity index (χ4v) is 3.43. The molecule has 116 valence electrons. The van der Waals surface area contributed by atoms with Crippen molar-refractivity contribution in [1.29, 1.82) is 0 Å². The Morgan fingerprint density at radius 2 is 1.95 bits per heavy atom. The summed E-state index contributed by atoms with van der Waals surface area (Å²) in [4.78, 5) is 14.8. The zero-order valence-electron chi connectivity index (χ0n) is 12.9. The molecule has 0 saturated carbocycles. The molecule has 1 unspecified atom stereocenters. The van der Waals surface area contributed by atoms with Crippen molar-refractivity contribution in [2.45, 2.75) is 39.2 Å². The van der Waals surface area contributed by atoms with E-state index in [-0.39, 0.29) is 5.91 Å². The number of carbonyl (C=O) groups is 1. The average Bonchev–Trinajstić information content (AvgIpc) is 2.97. The summed E-state index contributed by atoms with van der Waals surface area (Å²) in [5.74, 6) is 0.659. The van der Waals surface area contributed by atoms with Gasteiger partial charge in [0.25, 0.3) is 5.91 Å². The van der Waals surface area contributed by atoms with Gasteiger partial charge in [0.2, 0.25) is 0 Å². The topological polar surface area (TPSA) is 32.3 Å². The number of nitrogens with one attached hydrogen (secondary N) is 1. The third-order valence-corrected chi connectivity index (χ3v) is 4.71. The van der Waals surface area contributed by atoms with Crippen molar-refractivity contribution >= 4 is 21.8 Å². The SMILES string of the molecule is CC(C)CC(CNC(=O)c1ccccc1Br)N1CCCC1. The lowest BCUT2D eigenvalue weighted by Crippen LogP contribution is -2.43. The minimum absolute atomic E-state index is 0.00966. The van der Waals surface area contributed by atoms with Gasteiger partial charge in [-0.15, -0.1) is 0 Å². The van der Waals surface area contributed by atoms with Gasteiger partial charge in [0.05, 0.1) is 5.56 Å². The summed E-state index contributed by atoms with van der Waals surface area (Å²) < 4.78 is 0.851. The van der Waals surface area contributed by atoms with Gasteiger partial charge in [-0.1, -0.05) is 26.0 Å². The second-order valence-electron chi connectivity index (χ2n) is 6.22. The molecule has 1 amide bonds. The van der Waals surface area contributed by atoms with Crippen LogP contribution >= 0.6 is 15.9 Å². The van der Waals surface area contributed by atoms with Gasteiger partial charge in [-0.25, -0.2) is 0 Å². The quantitative estimate of drug-likeness (QED) is 0.846. The first kappa shape index (κ1) is 16.5. The van der Waals surface area contributed by atoms with Gasteiger partial charge in [0.15, 0.2) is 0 Å². The monoisotopic (exact) mass is 352 g/mol. The largest absolute Gasteiger partial charge is 0.350 e. The van der Waals surface area contributed by atoms with Gasteiger partial charge in [0, 0.05) is 17.1 Å². The zero-order chi connectivity index (χ0) is 15.2. The van der Waals surface area contributed by atoms with Crippen molar-refractivity contribution in [3.8, 4) is 0 Å². The summed E-state index contributed by atoms with van der Waals surface area (Å²) in [7, 11) is 0. The summed E-state index contributed by atoms with van der Waals surface area (Å²) >= 11 is 3.44. The van der Waals surface area contributed by atoms with Crippen LogP contribution in [0, 0.1) is 5.92 Å². The second-order valence-corrected chi connectivity index (χ2v) is 7.07. The van der Waals surface area contributed by atoms with Crippen LogP contribution in [-0.2, 0) is 0 Å². The van der Waals surface area contributed by atoms with Crippen LogP contribution in [0.3, 0.4) is 0 Å². The lowest BCUT2D eigenvalue weighted by atomic mass is 10.0. The first-order valence-electron chi connectivity index (χ1n) is 7.84. The van der Waals surface area contributed by atoms with E-state index in [9.17, 15) is 4.79 Å². The molecule has 1 aliphatic rings. The molecular weight excluding hydrogens is 328 g/mol. The van der Waals surface area contributed by atoms with Gasteiger partial charge < -0.3 is 5.32 Å². The molecule has 1 saturated heterocycles. The minimum Gasteiger partial charge on any atom is -0.350 e. The molecule has 0 radical (unpaired) electrons. The van der Waals surface area contributed by atoms with Gasteiger partial charge in [-0.2, -0.15) is 0 Å². The van der Waals surface area contributed by atoms with E-state index >= 15 is 0 Å². The molecule has 2 rings (SSSR count). The number of halogens is 1. The average molecular weight is 353 g/mol. The van der Waals surface area contributed by atoms with Crippen LogP contribution in [0.5, 0.6) is 0 Å². The molecule has 0 spiro atoms. The van der Waals surface area contributed by atoms with Crippen LogP contribution in [0.2, 0.25) is 0 Å². The van der Waals surface area contributed by atoms with Gasteiger partial charge in [-0.3, -0.25) is 9.69 Å². The predicted molar refractivity (Wildman–Crippen MR) is 90.5 cm³/mol. The Bertz CT molecular complexity index is 470. The van der Waals surface area contributed by atoms with Crippen LogP contribution < -0.4 is 5.32 Å². The third kappa shape index (κ3) is 4.82. The summed E-state index contributed by atoms with van der Waals surface area (Å²) in [5.41, 5.74) is 0.710. The normalized spacial score (nSPS) is 17.1. The zero-order valence-corrected chi connectivity index (χ0v) is 14.5. The van der Waals surface area contributed by atoms with E-state index in [0.29, 0.717) is 17.5 Å². The summed E-state index contributed by atoms with van der Waals surface area (Å²) in [6, 6.07) is 8.03. The predicted octanol–water partition coefficient (Wildman–Crippen LogP) is 3.69. The highest BCUT2D eigenvalue weighted by Gasteiger charge is 2.23. The molecule has 0 aromatic heterocycles. The maximum atomic E-state index is 12.3. The summed E-state index contributed by atoms with van der Waals surface area (Å²) in [6.45, 7) is 7.57. The Balaban J connectivity index is 1.94. The van der Waals surface area contributed by atoms with Gasteiger partial charge in [0.1, 0.15) is 0 Å². The van der Waals surface area contributed by atoms with Crippen LogP contribution in [0.25, 0.3) is 0 Å². The maximum absolute atomic E-state index is 12.3. The molecule has 3 nitrogen and oxygen atoms in total. The minimum atomic E-state index is 0.00966. The third-order valence-electron chi connectivity index (χ3n) is 4.02. The molecule has 0 bridgehead atoms. The smallest absolute Gasteiger partial charge is 0.252 e. The fraction of sp³-hybridized carbons (Fsp3) is 0.588. The molecular formula is C17H25BrN2O. The number of hydrogen-bond acceptors (Lipinski definition) is 2. The molecule has 1 aliphatic heterocycles. The highest BCUT2D eigenvalue weighted by Crippen LogP contribution is 2.18. The van der Waals surface area contributed by atoms with E-state index in [1.807, 2.05) is 24.3 Å². The Labute approximate surface area is 136 Å². The Kier molecular flexibility index (Phi) is 6.24. The molecule has 4 heteroatoms. The number of carbonyl (C=O) groups excluding carboxylic acids is 1. The first-order chi connectivity index (χ1) is 10.1. The van der Waals surface area contributed by atoms with Crippen molar-refractivity contribution < 1.29 is 4.79 Å². The number of nitrogens with zero attached hydrogens (tertiary/aromatic N) is 1. The number of likely N-dealkylation sites (tertiary alicyclic amines) is 1. The van der Waals surface area contributed by atoms with Gasteiger partial charge >= 0.3 is 0 Å². The van der Waals surface area contributed by atoms with E-state index in [2.05, 4.69) is 40.0 Å². The van der Waals surface area contributed by atoms with E-state index in [1.165, 1.54) is 25.9 Å². The number of rotatable bonds is 6. The van der Waals surface area contributed by atoms with E-state index in [1.54, 1.807) is 0 Å². The van der Waals surface area contributed by atoms with E-state index in [4.69, 9.17) is 0 Å². The Hall–Kier alpha value is -0.870.